The number of carbonyl (C=O) groups is 3. The number of carboxylic acids is 1. The monoisotopic (exact) mass is 478 g/mol. The molecule has 0 spiro atoms. The largest absolute Gasteiger partial charge is 0.481 e. The van der Waals surface area contributed by atoms with Gasteiger partial charge in [-0.2, -0.15) is 0 Å². The van der Waals surface area contributed by atoms with E-state index in [9.17, 15) is 19.5 Å². The van der Waals surface area contributed by atoms with Gasteiger partial charge in [-0.3, -0.25) is 9.59 Å². The summed E-state index contributed by atoms with van der Waals surface area (Å²) in [5, 5.41) is 15.0. The molecule has 0 unspecified atom stereocenters. The van der Waals surface area contributed by atoms with Crippen molar-refractivity contribution in [2.75, 3.05) is 13.2 Å². The molecule has 0 bridgehead atoms. The highest BCUT2D eigenvalue weighted by Crippen LogP contribution is 2.44. The summed E-state index contributed by atoms with van der Waals surface area (Å²) in [4.78, 5) is 37.1. The van der Waals surface area contributed by atoms with E-state index >= 15 is 0 Å². The zero-order valence-corrected chi connectivity index (χ0v) is 20.3. The van der Waals surface area contributed by atoms with E-state index < -0.39 is 24.0 Å². The second-order valence-corrected chi connectivity index (χ2v) is 10.0. The second-order valence-electron chi connectivity index (χ2n) is 10.0. The number of rotatable bonds is 9. The average Bonchev–Trinajstić information content (AvgIpc) is 3.43. The van der Waals surface area contributed by atoms with Gasteiger partial charge in [-0.15, -0.1) is 0 Å². The lowest BCUT2D eigenvalue weighted by Gasteiger charge is -2.23. The van der Waals surface area contributed by atoms with Crippen molar-refractivity contribution in [1.82, 2.24) is 10.6 Å². The third kappa shape index (κ3) is 5.66. The van der Waals surface area contributed by atoms with Gasteiger partial charge in [0.05, 0.1) is 5.92 Å². The van der Waals surface area contributed by atoms with Crippen LogP contribution >= 0.6 is 0 Å². The third-order valence-corrected chi connectivity index (χ3v) is 7.17. The Morgan fingerprint density at radius 1 is 1.00 bits per heavy atom. The number of amides is 2. The standard InChI is InChI=1S/C28H34N2O5/c1-17(2)14-25(26(31)29-15-18-8-7-13-19(18)27(32)33)30-28(34)35-16-24-22-11-5-3-9-20(22)21-10-4-6-12-23(21)24/h3-6,9-12,17-19,24-25H,7-8,13-16H2,1-2H3,(H,29,31)(H,30,34)(H,32,33)/t18-,19-,25-/m1/s1. The maximum atomic E-state index is 12.9. The lowest BCUT2D eigenvalue weighted by molar-refractivity contribution is -0.143. The Labute approximate surface area is 206 Å². The number of fused-ring (bicyclic) bond motifs is 3. The number of hydrogen-bond donors (Lipinski definition) is 3. The molecule has 0 saturated heterocycles. The summed E-state index contributed by atoms with van der Waals surface area (Å²) in [5.41, 5.74) is 4.56. The fourth-order valence-electron chi connectivity index (χ4n) is 5.45. The van der Waals surface area contributed by atoms with E-state index in [2.05, 4.69) is 34.9 Å². The Balaban J connectivity index is 1.36. The van der Waals surface area contributed by atoms with E-state index in [0.717, 1.165) is 35.1 Å². The highest BCUT2D eigenvalue weighted by atomic mass is 16.5. The minimum atomic E-state index is -0.808. The number of ether oxygens (including phenoxy) is 1. The molecular formula is C28H34N2O5. The molecule has 4 rings (SSSR count). The van der Waals surface area contributed by atoms with Crippen molar-refractivity contribution >= 4 is 18.0 Å². The van der Waals surface area contributed by atoms with Gasteiger partial charge in [0.1, 0.15) is 12.6 Å². The molecule has 2 aliphatic carbocycles. The number of alkyl carbamates (subject to hydrolysis) is 1. The summed E-state index contributed by atoms with van der Waals surface area (Å²) in [6, 6.07) is 15.5. The van der Waals surface area contributed by atoms with Crippen LogP contribution < -0.4 is 10.6 Å². The van der Waals surface area contributed by atoms with Crippen LogP contribution in [0.15, 0.2) is 48.5 Å². The lowest BCUT2D eigenvalue weighted by Crippen LogP contribution is -2.49. The van der Waals surface area contributed by atoms with Crippen LogP contribution in [0, 0.1) is 17.8 Å². The average molecular weight is 479 g/mol. The predicted molar refractivity (Wildman–Crippen MR) is 133 cm³/mol. The summed E-state index contributed by atoms with van der Waals surface area (Å²) >= 11 is 0. The summed E-state index contributed by atoms with van der Waals surface area (Å²) in [6.07, 6.45) is 2.11. The van der Waals surface area contributed by atoms with Crippen molar-refractivity contribution in [3.8, 4) is 11.1 Å². The summed E-state index contributed by atoms with van der Waals surface area (Å²) < 4.78 is 5.62. The van der Waals surface area contributed by atoms with Crippen molar-refractivity contribution < 1.29 is 24.2 Å². The van der Waals surface area contributed by atoms with Crippen LogP contribution in [0.1, 0.15) is 56.6 Å². The van der Waals surface area contributed by atoms with E-state index in [1.807, 2.05) is 38.1 Å². The number of aliphatic carboxylic acids is 1. The van der Waals surface area contributed by atoms with Crippen LogP contribution in [0.3, 0.4) is 0 Å². The molecule has 35 heavy (non-hydrogen) atoms. The highest BCUT2D eigenvalue weighted by molar-refractivity contribution is 5.86. The van der Waals surface area contributed by atoms with E-state index in [1.165, 1.54) is 0 Å². The minimum absolute atomic E-state index is 0.0548. The van der Waals surface area contributed by atoms with Gasteiger partial charge >= 0.3 is 12.1 Å². The topological polar surface area (TPSA) is 105 Å². The van der Waals surface area contributed by atoms with Crippen molar-refractivity contribution in [2.24, 2.45) is 17.8 Å². The molecule has 1 saturated carbocycles. The van der Waals surface area contributed by atoms with Gasteiger partial charge in [-0.05, 0) is 53.4 Å². The molecule has 0 aliphatic heterocycles. The number of nitrogens with one attached hydrogen (secondary N) is 2. The van der Waals surface area contributed by atoms with Gasteiger partial charge in [0, 0.05) is 12.5 Å². The zero-order valence-electron chi connectivity index (χ0n) is 20.3. The Bertz CT molecular complexity index is 1040. The molecule has 2 aliphatic rings. The molecule has 3 atom stereocenters. The SMILES string of the molecule is CC(C)C[C@@H](NC(=O)OCC1c2ccccc2-c2ccccc21)C(=O)NC[C@H]1CCC[C@H]1C(=O)O. The van der Waals surface area contributed by atoms with Crippen LogP contribution in [-0.2, 0) is 14.3 Å². The van der Waals surface area contributed by atoms with Crippen molar-refractivity contribution in [3.05, 3.63) is 59.7 Å². The Kier molecular flexibility index (Phi) is 7.73. The van der Waals surface area contributed by atoms with Crippen LogP contribution in [0.2, 0.25) is 0 Å². The van der Waals surface area contributed by atoms with Gasteiger partial charge in [0.2, 0.25) is 5.91 Å². The first-order valence-corrected chi connectivity index (χ1v) is 12.5. The molecular weight excluding hydrogens is 444 g/mol. The first-order chi connectivity index (χ1) is 16.8. The van der Waals surface area contributed by atoms with Gasteiger partial charge in [0.15, 0.2) is 0 Å². The van der Waals surface area contributed by atoms with Gasteiger partial charge in [-0.25, -0.2) is 4.79 Å². The quantitative estimate of drug-likeness (QED) is 0.490. The summed E-state index contributed by atoms with van der Waals surface area (Å²) in [7, 11) is 0. The van der Waals surface area contributed by atoms with E-state index in [-0.39, 0.29) is 30.3 Å². The highest BCUT2D eigenvalue weighted by Gasteiger charge is 2.34. The minimum Gasteiger partial charge on any atom is -0.481 e. The Hall–Kier alpha value is -3.35. The molecule has 2 aromatic rings. The first-order valence-electron chi connectivity index (χ1n) is 12.5. The molecule has 3 N–H and O–H groups in total. The van der Waals surface area contributed by atoms with Crippen molar-refractivity contribution in [3.63, 3.8) is 0 Å². The van der Waals surface area contributed by atoms with E-state index in [4.69, 9.17) is 4.74 Å². The zero-order chi connectivity index (χ0) is 24.9. The lowest BCUT2D eigenvalue weighted by atomic mass is 9.96. The fourth-order valence-corrected chi connectivity index (χ4v) is 5.45. The smallest absolute Gasteiger partial charge is 0.407 e. The second kappa shape index (κ2) is 10.9. The maximum Gasteiger partial charge on any atom is 0.407 e. The number of benzene rings is 2. The van der Waals surface area contributed by atoms with E-state index in [0.29, 0.717) is 19.4 Å². The van der Waals surface area contributed by atoms with Crippen LogP contribution in [0.25, 0.3) is 11.1 Å². The van der Waals surface area contributed by atoms with Crippen LogP contribution in [0.5, 0.6) is 0 Å². The molecule has 0 aromatic heterocycles. The summed E-state index contributed by atoms with van der Waals surface area (Å²) in [5.74, 6) is -1.49. The molecule has 0 heterocycles. The summed E-state index contributed by atoms with van der Waals surface area (Å²) in [6.45, 7) is 4.45. The number of carboxylic acid groups (broad SMARTS) is 1. The molecule has 0 radical (unpaired) electrons. The van der Waals surface area contributed by atoms with Crippen LogP contribution in [-0.4, -0.2) is 42.3 Å². The Morgan fingerprint density at radius 2 is 1.63 bits per heavy atom. The number of carbonyl (C=O) groups excluding carboxylic acids is 2. The normalized spacial score (nSPS) is 19.6. The van der Waals surface area contributed by atoms with E-state index in [1.54, 1.807) is 0 Å². The molecule has 186 valence electrons. The first kappa shape index (κ1) is 24.8. The van der Waals surface area contributed by atoms with Gasteiger partial charge < -0.3 is 20.5 Å². The molecule has 2 amide bonds. The van der Waals surface area contributed by atoms with Gasteiger partial charge in [-0.1, -0.05) is 68.8 Å². The Morgan fingerprint density at radius 3 is 2.23 bits per heavy atom. The molecule has 7 nitrogen and oxygen atoms in total. The molecule has 7 heteroatoms. The van der Waals surface area contributed by atoms with Crippen LogP contribution in [0.4, 0.5) is 4.79 Å². The fraction of sp³-hybridized carbons (Fsp3) is 0.464. The maximum absolute atomic E-state index is 12.9. The predicted octanol–water partition coefficient (Wildman–Crippen LogP) is 4.56. The molecule has 1 fully saturated rings. The van der Waals surface area contributed by atoms with Crippen molar-refractivity contribution in [2.45, 2.75) is 51.5 Å². The van der Waals surface area contributed by atoms with Gasteiger partial charge in [0.25, 0.3) is 0 Å². The number of hydrogen-bond acceptors (Lipinski definition) is 4. The molecule has 2 aromatic carbocycles. The third-order valence-electron chi connectivity index (χ3n) is 7.17. The van der Waals surface area contributed by atoms with Crippen molar-refractivity contribution in [1.29, 1.82) is 0 Å².